The van der Waals surface area contributed by atoms with Crippen LogP contribution in [-0.2, 0) is 9.53 Å². The number of carbonyl (C=O) groups excluding carboxylic acids is 2. The number of nitrogens with zero attached hydrogens (tertiary/aromatic N) is 1. The van der Waals surface area contributed by atoms with Crippen molar-refractivity contribution in [2.75, 3.05) is 18.5 Å². The first-order valence-electron chi connectivity index (χ1n) is 8.61. The van der Waals surface area contributed by atoms with Gasteiger partial charge in [0.05, 0.1) is 12.2 Å². The summed E-state index contributed by atoms with van der Waals surface area (Å²) in [7, 11) is 0. The first-order valence-corrected chi connectivity index (χ1v) is 8.61. The number of benzene rings is 2. The first kappa shape index (κ1) is 20.5. The number of carbonyl (C=O) groups is 2. The Hall–Kier alpha value is -3.85. The molecule has 28 heavy (non-hydrogen) atoms. The Bertz CT molecular complexity index is 907. The third kappa shape index (κ3) is 5.85. The van der Waals surface area contributed by atoms with Crippen molar-refractivity contribution in [3.05, 3.63) is 77.9 Å². The van der Waals surface area contributed by atoms with E-state index >= 15 is 0 Å². The lowest BCUT2D eigenvalue weighted by molar-refractivity contribution is -0.112. The van der Waals surface area contributed by atoms with Gasteiger partial charge in [-0.3, -0.25) is 4.79 Å². The molecule has 0 aliphatic carbocycles. The van der Waals surface area contributed by atoms with E-state index in [2.05, 4.69) is 11.9 Å². The molecule has 0 aliphatic rings. The number of hydrogen-bond donors (Lipinski definition) is 1. The van der Waals surface area contributed by atoms with Crippen LogP contribution >= 0.6 is 0 Å². The molecule has 0 aromatic heterocycles. The van der Waals surface area contributed by atoms with Crippen LogP contribution in [0.3, 0.4) is 0 Å². The van der Waals surface area contributed by atoms with Gasteiger partial charge in [-0.05, 0) is 55.0 Å². The predicted octanol–water partition coefficient (Wildman–Crippen LogP) is 3.97. The molecule has 0 bridgehead atoms. The van der Waals surface area contributed by atoms with Gasteiger partial charge >= 0.3 is 5.97 Å². The molecule has 0 heterocycles. The van der Waals surface area contributed by atoms with Crippen molar-refractivity contribution >= 4 is 23.6 Å². The zero-order valence-electron chi connectivity index (χ0n) is 15.5. The lowest BCUT2D eigenvalue weighted by Gasteiger charge is -2.06. The number of nitrogens with one attached hydrogen (secondary N) is 1. The highest BCUT2D eigenvalue weighted by Gasteiger charge is 2.11. The van der Waals surface area contributed by atoms with Gasteiger partial charge in [0.15, 0.2) is 0 Å². The fourth-order valence-corrected chi connectivity index (χ4v) is 2.23. The fourth-order valence-electron chi connectivity index (χ4n) is 2.23. The number of ether oxygens (including phenoxy) is 2. The van der Waals surface area contributed by atoms with Crippen LogP contribution in [0, 0.1) is 11.3 Å². The third-order valence-electron chi connectivity index (χ3n) is 3.58. The average Bonchev–Trinajstić information content (AvgIpc) is 2.72. The standard InChI is InChI=1S/C22H20N2O4/c1-3-13-28-20-11-5-16(6-12-20)14-18(15-23)21(25)24-19-9-7-17(8-10-19)22(26)27-4-2/h3,5-12,14H,1,4,13H2,2H3,(H,24,25)/b18-14+. The molecule has 2 aromatic rings. The summed E-state index contributed by atoms with van der Waals surface area (Å²) in [6, 6.07) is 15.1. The molecule has 0 fully saturated rings. The van der Waals surface area contributed by atoms with E-state index < -0.39 is 11.9 Å². The number of anilines is 1. The Morgan fingerprint density at radius 2 is 1.82 bits per heavy atom. The molecule has 0 aliphatic heterocycles. The summed E-state index contributed by atoms with van der Waals surface area (Å²) >= 11 is 0. The maximum Gasteiger partial charge on any atom is 0.338 e. The van der Waals surface area contributed by atoms with Gasteiger partial charge in [0.2, 0.25) is 0 Å². The molecule has 2 rings (SSSR count). The number of rotatable bonds is 8. The van der Waals surface area contributed by atoms with Crippen molar-refractivity contribution < 1.29 is 19.1 Å². The number of amides is 1. The molecule has 1 N–H and O–H groups in total. The molecular weight excluding hydrogens is 356 g/mol. The maximum atomic E-state index is 12.3. The second-order valence-corrected chi connectivity index (χ2v) is 5.59. The van der Waals surface area contributed by atoms with Crippen LogP contribution in [0.1, 0.15) is 22.8 Å². The van der Waals surface area contributed by atoms with E-state index in [-0.39, 0.29) is 12.2 Å². The molecule has 0 unspecified atom stereocenters. The number of hydrogen-bond acceptors (Lipinski definition) is 5. The lowest BCUT2D eigenvalue weighted by Crippen LogP contribution is -2.13. The second kappa shape index (κ2) is 10.3. The van der Waals surface area contributed by atoms with E-state index in [1.165, 1.54) is 6.08 Å². The maximum absolute atomic E-state index is 12.3. The highest BCUT2D eigenvalue weighted by molar-refractivity contribution is 6.09. The van der Waals surface area contributed by atoms with E-state index in [1.54, 1.807) is 61.5 Å². The molecule has 1 amide bonds. The van der Waals surface area contributed by atoms with Crippen LogP contribution in [-0.4, -0.2) is 25.1 Å². The fraction of sp³-hybridized carbons (Fsp3) is 0.136. The molecule has 6 heteroatoms. The minimum absolute atomic E-state index is 0.0470. The Kier molecular flexibility index (Phi) is 7.55. The van der Waals surface area contributed by atoms with Crippen molar-refractivity contribution in [1.29, 1.82) is 5.26 Å². The summed E-state index contributed by atoms with van der Waals surface area (Å²) in [5, 5.41) is 11.9. The largest absolute Gasteiger partial charge is 0.490 e. The van der Waals surface area contributed by atoms with Gasteiger partial charge in [0.25, 0.3) is 5.91 Å². The Balaban J connectivity index is 2.06. The molecular formula is C22H20N2O4. The predicted molar refractivity (Wildman–Crippen MR) is 107 cm³/mol. The summed E-state index contributed by atoms with van der Waals surface area (Å²) < 4.78 is 10.3. The third-order valence-corrected chi connectivity index (χ3v) is 3.58. The van der Waals surface area contributed by atoms with Gasteiger partial charge in [-0.25, -0.2) is 4.79 Å². The summed E-state index contributed by atoms with van der Waals surface area (Å²) in [5.74, 6) is -0.307. The summed E-state index contributed by atoms with van der Waals surface area (Å²) in [6.45, 7) is 5.99. The van der Waals surface area contributed by atoms with Crippen molar-refractivity contribution in [2.24, 2.45) is 0 Å². The van der Waals surface area contributed by atoms with E-state index in [1.807, 2.05) is 6.07 Å². The number of esters is 1. The van der Waals surface area contributed by atoms with Gasteiger partial charge in [-0.15, -0.1) is 0 Å². The smallest absolute Gasteiger partial charge is 0.338 e. The highest BCUT2D eigenvalue weighted by atomic mass is 16.5. The van der Waals surface area contributed by atoms with Gasteiger partial charge in [0, 0.05) is 5.69 Å². The minimum atomic E-state index is -0.543. The van der Waals surface area contributed by atoms with Crippen molar-refractivity contribution in [2.45, 2.75) is 6.92 Å². The van der Waals surface area contributed by atoms with Crippen molar-refractivity contribution in [3.63, 3.8) is 0 Å². The van der Waals surface area contributed by atoms with Gasteiger partial charge in [0.1, 0.15) is 24.0 Å². The Labute approximate surface area is 163 Å². The SMILES string of the molecule is C=CCOc1ccc(/C=C(\C#N)C(=O)Nc2ccc(C(=O)OCC)cc2)cc1. The molecule has 0 saturated heterocycles. The van der Waals surface area contributed by atoms with Crippen molar-refractivity contribution in [1.82, 2.24) is 0 Å². The molecule has 0 saturated carbocycles. The lowest BCUT2D eigenvalue weighted by atomic mass is 10.1. The summed E-state index contributed by atoms with van der Waals surface area (Å²) in [4.78, 5) is 24.0. The first-order chi connectivity index (χ1) is 13.6. The van der Waals surface area contributed by atoms with Crippen molar-refractivity contribution in [3.8, 4) is 11.8 Å². The number of nitriles is 1. The van der Waals surface area contributed by atoms with E-state index in [0.717, 1.165) is 0 Å². The van der Waals surface area contributed by atoms with Gasteiger partial charge in [-0.1, -0.05) is 24.8 Å². The highest BCUT2D eigenvalue weighted by Crippen LogP contribution is 2.16. The molecule has 142 valence electrons. The monoisotopic (exact) mass is 376 g/mol. The molecule has 0 atom stereocenters. The van der Waals surface area contributed by atoms with E-state index in [4.69, 9.17) is 9.47 Å². The van der Waals surface area contributed by atoms with Crippen LogP contribution in [0.5, 0.6) is 5.75 Å². The summed E-state index contributed by atoms with van der Waals surface area (Å²) in [6.07, 6.45) is 3.13. The van der Waals surface area contributed by atoms with E-state index in [0.29, 0.717) is 29.2 Å². The van der Waals surface area contributed by atoms with Crippen LogP contribution in [0.4, 0.5) is 5.69 Å². The minimum Gasteiger partial charge on any atom is -0.490 e. The Morgan fingerprint density at radius 1 is 1.14 bits per heavy atom. The van der Waals surface area contributed by atoms with Gasteiger partial charge in [-0.2, -0.15) is 5.26 Å². The van der Waals surface area contributed by atoms with Crippen LogP contribution < -0.4 is 10.1 Å². The second-order valence-electron chi connectivity index (χ2n) is 5.59. The Morgan fingerprint density at radius 3 is 2.39 bits per heavy atom. The van der Waals surface area contributed by atoms with Crippen LogP contribution in [0.25, 0.3) is 6.08 Å². The van der Waals surface area contributed by atoms with E-state index in [9.17, 15) is 14.9 Å². The molecule has 0 spiro atoms. The average molecular weight is 376 g/mol. The molecule has 2 aromatic carbocycles. The summed E-state index contributed by atoms with van der Waals surface area (Å²) in [5.41, 5.74) is 1.49. The molecule has 0 radical (unpaired) electrons. The normalized spacial score (nSPS) is 10.5. The molecule has 6 nitrogen and oxygen atoms in total. The topological polar surface area (TPSA) is 88.4 Å². The van der Waals surface area contributed by atoms with Crippen LogP contribution in [0.2, 0.25) is 0 Å². The van der Waals surface area contributed by atoms with Gasteiger partial charge < -0.3 is 14.8 Å². The van der Waals surface area contributed by atoms with Crippen LogP contribution in [0.15, 0.2) is 66.8 Å². The zero-order chi connectivity index (χ0) is 20.4. The quantitative estimate of drug-likeness (QED) is 0.326. The zero-order valence-corrected chi connectivity index (χ0v) is 15.5.